The normalized spacial score (nSPS) is 32.3. The van der Waals surface area contributed by atoms with Gasteiger partial charge in [0.25, 0.3) is 11.7 Å². The highest BCUT2D eigenvalue weighted by atomic mass is 16.7. The fraction of sp³-hybridized carbons (Fsp3) is 0.587. The molecule has 4 heterocycles. The van der Waals surface area contributed by atoms with Gasteiger partial charge in [-0.1, -0.05) is 59.8 Å². The molecule has 0 saturated carbocycles. The number of phenolic OH excluding ortho intramolecular Hbond substituents is 2. The van der Waals surface area contributed by atoms with Crippen molar-refractivity contribution < 1.29 is 58.9 Å². The van der Waals surface area contributed by atoms with Gasteiger partial charge in [-0.2, -0.15) is 0 Å². The topological polar surface area (TPSA) is 229 Å². The number of piperidine rings is 1. The van der Waals surface area contributed by atoms with Gasteiger partial charge in [0, 0.05) is 86.7 Å². The highest BCUT2D eigenvalue weighted by Crippen LogP contribution is 2.50. The first-order chi connectivity index (χ1) is 29.2. The number of hydrogen-bond acceptors (Lipinski definition) is 15. The predicted molar refractivity (Wildman–Crippen MR) is 229 cm³/mol. The number of hydrogen-bond donors (Lipinski definition) is 6. The number of methoxy groups -OCH3 is 1. The van der Waals surface area contributed by atoms with E-state index < -0.39 is 95.3 Å². The average molecular weight is 863 g/mol. The van der Waals surface area contributed by atoms with E-state index in [1.165, 1.54) is 27.0 Å². The van der Waals surface area contributed by atoms with Crippen molar-refractivity contribution in [2.45, 2.75) is 111 Å². The molecule has 4 aliphatic rings. The molecule has 2 aromatic rings. The third-order valence-corrected chi connectivity index (χ3v) is 13.0. The number of amides is 1. The molecule has 9 atom stereocenters. The number of carbonyl (C=O) groups excluding carboxylic acids is 3. The summed E-state index contributed by atoms with van der Waals surface area (Å²) in [5.41, 5.74) is -0.937. The van der Waals surface area contributed by atoms with Crippen LogP contribution in [0.3, 0.4) is 0 Å². The van der Waals surface area contributed by atoms with Gasteiger partial charge in [0.2, 0.25) is 0 Å². The molecule has 4 aliphatic heterocycles. The molecular formula is C46H62N4O12. The van der Waals surface area contributed by atoms with Crippen LogP contribution in [0.25, 0.3) is 10.8 Å². The van der Waals surface area contributed by atoms with Gasteiger partial charge in [-0.25, -0.2) is 0 Å². The summed E-state index contributed by atoms with van der Waals surface area (Å²) in [6.45, 7) is 16.8. The SMILES string of the molecule is CO[C@H]1/C=C/O[C@@]2(CO)Oc3c(C)c(O)c4c(O)c(c5c(c4c3C2=O)=NC2(CCN(CC(C)C)CC2)N=5)NC(=O)/C(C)=C\C=C\[C@H](C)[C@H](O)[C@@H](C)[C@@H](O)[C@@H](C)[C@H](OC(C)=O)[C@@H]1C. The number of nitrogens with one attached hydrogen (secondary N) is 1. The molecule has 1 amide bonds. The largest absolute Gasteiger partial charge is 0.507 e. The van der Waals surface area contributed by atoms with E-state index in [0.717, 1.165) is 12.8 Å². The monoisotopic (exact) mass is 862 g/mol. The quantitative estimate of drug-likeness (QED) is 0.186. The maximum atomic E-state index is 14.8. The number of esters is 1. The number of fused-ring (bicyclic) bond motifs is 1. The number of benzene rings is 2. The number of ether oxygens (including phenoxy) is 4. The predicted octanol–water partition coefficient (Wildman–Crippen LogP) is 3.72. The zero-order valence-corrected chi connectivity index (χ0v) is 37.3. The molecule has 6 N–H and O–H groups in total. The smallest absolute Gasteiger partial charge is 0.339 e. The van der Waals surface area contributed by atoms with E-state index in [1.807, 2.05) is 0 Å². The number of ketones is 1. The van der Waals surface area contributed by atoms with Gasteiger partial charge in [-0.3, -0.25) is 24.4 Å². The van der Waals surface area contributed by atoms with Crippen LogP contribution < -0.4 is 20.8 Å². The summed E-state index contributed by atoms with van der Waals surface area (Å²) in [5, 5.41) is 60.7. The molecular weight excluding hydrogens is 801 g/mol. The summed E-state index contributed by atoms with van der Waals surface area (Å²) in [6, 6.07) is 0. The van der Waals surface area contributed by atoms with Crippen molar-refractivity contribution in [2.24, 2.45) is 39.6 Å². The van der Waals surface area contributed by atoms with Crippen LogP contribution in [0.5, 0.6) is 17.2 Å². The van der Waals surface area contributed by atoms with Crippen molar-refractivity contribution >= 4 is 34.1 Å². The molecule has 0 unspecified atom stereocenters. The van der Waals surface area contributed by atoms with E-state index in [9.17, 15) is 39.9 Å². The zero-order valence-electron chi connectivity index (χ0n) is 37.3. The van der Waals surface area contributed by atoms with Crippen LogP contribution in [0.15, 0.2) is 46.1 Å². The molecule has 16 nitrogen and oxygen atoms in total. The summed E-state index contributed by atoms with van der Waals surface area (Å²) in [4.78, 5) is 53.7. The Hall–Kier alpha value is -4.87. The number of aromatic hydroxyl groups is 2. The Balaban J connectivity index is 1.56. The lowest BCUT2D eigenvalue weighted by molar-refractivity contribution is -0.160. The lowest BCUT2D eigenvalue weighted by atomic mass is 9.78. The molecule has 0 aromatic heterocycles. The van der Waals surface area contributed by atoms with Gasteiger partial charge in [0.1, 0.15) is 35.3 Å². The van der Waals surface area contributed by atoms with Gasteiger partial charge in [-0.05, 0) is 25.8 Å². The van der Waals surface area contributed by atoms with Gasteiger partial charge in [0.15, 0.2) is 11.4 Å². The van der Waals surface area contributed by atoms with E-state index in [1.54, 1.807) is 52.8 Å². The summed E-state index contributed by atoms with van der Waals surface area (Å²) < 4.78 is 23.7. The molecule has 0 radical (unpaired) electrons. The second kappa shape index (κ2) is 18.1. The van der Waals surface area contributed by atoms with E-state index >= 15 is 0 Å². The van der Waals surface area contributed by atoms with E-state index in [4.69, 9.17) is 28.9 Å². The number of aliphatic hydroxyl groups excluding tert-OH is 3. The number of nitrogens with zero attached hydrogens (tertiary/aromatic N) is 3. The number of allylic oxidation sites excluding steroid dienone is 2. The van der Waals surface area contributed by atoms with Crippen molar-refractivity contribution in [3.63, 3.8) is 0 Å². The Kier molecular flexibility index (Phi) is 13.6. The molecule has 1 fully saturated rings. The maximum absolute atomic E-state index is 14.8. The molecule has 1 spiro atoms. The zero-order chi connectivity index (χ0) is 45.6. The Morgan fingerprint density at radius 1 is 0.968 bits per heavy atom. The average Bonchev–Trinajstić information content (AvgIpc) is 3.75. The third kappa shape index (κ3) is 8.47. The Morgan fingerprint density at radius 2 is 1.63 bits per heavy atom. The minimum Gasteiger partial charge on any atom is -0.507 e. The van der Waals surface area contributed by atoms with Crippen LogP contribution in [0, 0.1) is 36.5 Å². The molecule has 16 heteroatoms. The van der Waals surface area contributed by atoms with E-state index in [2.05, 4.69) is 24.1 Å². The van der Waals surface area contributed by atoms with Crippen LogP contribution in [-0.2, 0) is 23.8 Å². The highest BCUT2D eigenvalue weighted by Gasteiger charge is 2.53. The number of aliphatic hydroxyl groups is 3. The summed E-state index contributed by atoms with van der Waals surface area (Å²) in [5.74, 6) is -7.57. The van der Waals surface area contributed by atoms with Crippen molar-refractivity contribution in [3.05, 3.63) is 58.0 Å². The first kappa shape index (κ1) is 46.6. The van der Waals surface area contributed by atoms with Gasteiger partial charge < -0.3 is 54.7 Å². The Morgan fingerprint density at radius 3 is 2.24 bits per heavy atom. The highest BCUT2D eigenvalue weighted by molar-refractivity contribution is 6.19. The second-order valence-corrected chi connectivity index (χ2v) is 17.9. The maximum Gasteiger partial charge on any atom is 0.339 e. The lowest BCUT2D eigenvalue weighted by Crippen LogP contribution is -2.47. The minimum atomic E-state index is -2.36. The van der Waals surface area contributed by atoms with E-state index in [0.29, 0.717) is 31.8 Å². The van der Waals surface area contributed by atoms with Crippen molar-refractivity contribution in [3.8, 4) is 17.2 Å². The Labute approximate surface area is 361 Å². The molecule has 6 rings (SSSR count). The van der Waals surface area contributed by atoms with Crippen molar-refractivity contribution in [1.82, 2.24) is 4.90 Å². The number of rotatable bonds is 5. The van der Waals surface area contributed by atoms with Crippen LogP contribution in [0.4, 0.5) is 5.69 Å². The molecule has 1 saturated heterocycles. The lowest BCUT2D eigenvalue weighted by Gasteiger charge is -2.38. The molecule has 338 valence electrons. The molecule has 0 aliphatic carbocycles. The van der Waals surface area contributed by atoms with Crippen LogP contribution >= 0.6 is 0 Å². The number of phenols is 2. The van der Waals surface area contributed by atoms with Crippen molar-refractivity contribution in [1.29, 1.82) is 0 Å². The number of anilines is 1. The minimum absolute atomic E-state index is 0.0262. The van der Waals surface area contributed by atoms with Gasteiger partial charge in [0.05, 0.1) is 40.9 Å². The summed E-state index contributed by atoms with van der Waals surface area (Å²) in [7, 11) is 1.43. The molecule has 2 aromatic carbocycles. The number of Topliss-reactive ketones (excluding diaryl/α,β-unsaturated/α-hetero) is 1. The fourth-order valence-corrected chi connectivity index (χ4v) is 9.25. The van der Waals surface area contributed by atoms with Gasteiger partial charge in [-0.15, -0.1) is 0 Å². The molecule has 62 heavy (non-hydrogen) atoms. The fourth-order valence-electron chi connectivity index (χ4n) is 9.25. The first-order valence-electron chi connectivity index (χ1n) is 21.4. The number of likely N-dealkylation sites (tertiary alicyclic amines) is 1. The van der Waals surface area contributed by atoms with Crippen molar-refractivity contribution in [2.75, 3.05) is 38.7 Å². The molecule has 4 bridgehead atoms. The summed E-state index contributed by atoms with van der Waals surface area (Å²) >= 11 is 0. The van der Waals surface area contributed by atoms with Crippen LogP contribution in [-0.4, -0.2) is 117 Å². The number of carbonyl (C=O) groups is 3. The van der Waals surface area contributed by atoms with Gasteiger partial charge >= 0.3 is 11.8 Å². The third-order valence-electron chi connectivity index (χ3n) is 13.0. The van der Waals surface area contributed by atoms with E-state index in [-0.39, 0.29) is 49.6 Å². The second-order valence-electron chi connectivity index (χ2n) is 17.9. The standard InChI is InChI=1S/C46H62N4O12/c1-22(2)20-50-17-15-45(16-18-50)48-34-31-32-39(55)28(8)42-33(31)43(57)46(21-51,62-42)60-19-14-30(59-10)25(5)41(61-29(9)52)27(7)38(54)26(6)37(53)23(3)12-11-13-24(4)44(58)47-36(40(32)56)35(34)49-45/h11-14,19,22-23,25-27,30,37-38,41,51,53-56H,15-18,20-21H2,1-10H3,(H,47,58)/b12-11+,19-14+,24-13-/t23-,25+,26+,27+,30-,37-,38+,41+,46-/m0/s1. The van der Waals surface area contributed by atoms with Crippen LogP contribution in [0.1, 0.15) is 84.2 Å². The summed E-state index contributed by atoms with van der Waals surface area (Å²) in [6.07, 6.45) is 4.50. The first-order valence-corrected chi connectivity index (χ1v) is 21.4. The van der Waals surface area contributed by atoms with Crippen LogP contribution in [0.2, 0.25) is 0 Å². The Bertz CT molecular complexity index is 2320.